The summed E-state index contributed by atoms with van der Waals surface area (Å²) in [5.74, 6) is 4.47. The molecule has 0 saturated carbocycles. The van der Waals surface area contributed by atoms with Crippen LogP contribution in [0.25, 0.3) is 22.2 Å². The van der Waals surface area contributed by atoms with Crippen molar-refractivity contribution in [3.8, 4) is 40.8 Å². The molecule has 0 bridgehead atoms. The highest BCUT2D eigenvalue weighted by Crippen LogP contribution is 2.33. The Morgan fingerprint density at radius 2 is 1.77 bits per heavy atom. The van der Waals surface area contributed by atoms with Crippen LogP contribution in [-0.4, -0.2) is 35.6 Å². The van der Waals surface area contributed by atoms with E-state index in [0.29, 0.717) is 53.2 Å². The summed E-state index contributed by atoms with van der Waals surface area (Å²) in [5, 5.41) is 0.774. The molecular weight excluding hydrogens is 440 g/mol. The molecule has 3 aromatic carbocycles. The lowest BCUT2D eigenvalue weighted by Gasteiger charge is -2.18. The fourth-order valence-electron chi connectivity index (χ4n) is 3.98. The summed E-state index contributed by atoms with van der Waals surface area (Å²) in [5.41, 5.74) is 3.82. The Bertz CT molecular complexity index is 1450. The molecule has 0 unspecified atom stereocenters. The molecule has 1 aromatic heterocycles. The summed E-state index contributed by atoms with van der Waals surface area (Å²) < 4.78 is 16.8. The fraction of sp³-hybridized carbons (Fsp3) is 0.207. The zero-order chi connectivity index (χ0) is 24.4. The van der Waals surface area contributed by atoms with Gasteiger partial charge in [-0.1, -0.05) is 44.0 Å². The monoisotopic (exact) mass is 464 g/mol. The number of rotatable bonds is 6. The summed E-state index contributed by atoms with van der Waals surface area (Å²) in [4.78, 5) is 22.8. The molecular formula is C29H24N2O4. The highest BCUT2D eigenvalue weighted by Gasteiger charge is 2.20. The van der Waals surface area contributed by atoms with Crippen molar-refractivity contribution >= 4 is 16.7 Å². The molecule has 0 saturated heterocycles. The molecule has 0 radical (unpaired) electrons. The molecule has 5 rings (SSSR count). The standard InChI is InChI=1S/C29H24N2O4/c1-4-13-33-22-10-11-24-23(17-22)27(20-7-5-19(6-8-20)18(2)3)31-29(30-24)28(32)21-9-12-25-26(16-21)35-15-14-34-25/h1,5-12,16-18H,13-15H2,2-3H3. The zero-order valence-electron chi connectivity index (χ0n) is 19.6. The number of ketones is 1. The number of terminal acetylenes is 1. The van der Waals surface area contributed by atoms with E-state index >= 15 is 0 Å². The van der Waals surface area contributed by atoms with Gasteiger partial charge in [0.15, 0.2) is 11.5 Å². The third kappa shape index (κ3) is 4.53. The molecule has 0 amide bonds. The van der Waals surface area contributed by atoms with Crippen molar-refractivity contribution in [2.24, 2.45) is 0 Å². The summed E-state index contributed by atoms with van der Waals surface area (Å²) in [6.07, 6.45) is 5.35. The second-order valence-electron chi connectivity index (χ2n) is 8.53. The van der Waals surface area contributed by atoms with Gasteiger partial charge in [-0.2, -0.15) is 0 Å². The van der Waals surface area contributed by atoms with E-state index < -0.39 is 0 Å². The van der Waals surface area contributed by atoms with Crippen LogP contribution in [-0.2, 0) is 0 Å². The van der Waals surface area contributed by atoms with Crippen molar-refractivity contribution in [3.63, 3.8) is 0 Å². The van der Waals surface area contributed by atoms with Crippen LogP contribution in [0.4, 0.5) is 0 Å². The minimum absolute atomic E-state index is 0.106. The Morgan fingerprint density at radius 1 is 1.00 bits per heavy atom. The van der Waals surface area contributed by atoms with Crippen molar-refractivity contribution in [2.75, 3.05) is 19.8 Å². The Balaban J connectivity index is 1.62. The maximum Gasteiger partial charge on any atom is 0.230 e. The third-order valence-corrected chi connectivity index (χ3v) is 5.85. The molecule has 35 heavy (non-hydrogen) atoms. The number of carbonyl (C=O) groups excluding carboxylic acids is 1. The van der Waals surface area contributed by atoms with Crippen molar-refractivity contribution in [1.82, 2.24) is 9.97 Å². The lowest BCUT2D eigenvalue weighted by Crippen LogP contribution is -2.16. The maximum absolute atomic E-state index is 13.4. The van der Waals surface area contributed by atoms with Crippen LogP contribution >= 0.6 is 0 Å². The summed E-state index contributed by atoms with van der Waals surface area (Å²) in [6.45, 7) is 5.38. The maximum atomic E-state index is 13.4. The van der Waals surface area contributed by atoms with Gasteiger partial charge in [-0.25, -0.2) is 9.97 Å². The molecule has 2 heterocycles. The second kappa shape index (κ2) is 9.47. The molecule has 174 valence electrons. The molecule has 4 aromatic rings. The first kappa shape index (κ1) is 22.4. The van der Waals surface area contributed by atoms with Gasteiger partial charge in [-0.15, -0.1) is 6.42 Å². The van der Waals surface area contributed by atoms with E-state index in [1.165, 1.54) is 5.56 Å². The van der Waals surface area contributed by atoms with Crippen LogP contribution in [0, 0.1) is 12.3 Å². The van der Waals surface area contributed by atoms with Crippen LogP contribution in [0.15, 0.2) is 60.7 Å². The molecule has 1 aliphatic rings. The minimum atomic E-state index is -0.295. The van der Waals surface area contributed by atoms with Gasteiger partial charge in [0, 0.05) is 16.5 Å². The van der Waals surface area contributed by atoms with E-state index in [0.717, 1.165) is 10.9 Å². The van der Waals surface area contributed by atoms with Gasteiger partial charge >= 0.3 is 0 Å². The van der Waals surface area contributed by atoms with Gasteiger partial charge in [-0.3, -0.25) is 4.79 Å². The average Bonchev–Trinajstić information content (AvgIpc) is 2.90. The van der Waals surface area contributed by atoms with Gasteiger partial charge in [0.1, 0.15) is 25.6 Å². The average molecular weight is 465 g/mol. The number of benzene rings is 3. The highest BCUT2D eigenvalue weighted by molar-refractivity contribution is 6.08. The summed E-state index contributed by atoms with van der Waals surface area (Å²) in [7, 11) is 0. The Kier molecular flexibility index (Phi) is 6.07. The molecule has 0 aliphatic carbocycles. The number of ether oxygens (including phenoxy) is 3. The Labute approximate surface area is 203 Å². The number of nitrogens with zero attached hydrogens (tertiary/aromatic N) is 2. The SMILES string of the molecule is C#CCOc1ccc2nc(C(=O)c3ccc4c(c3)OCCO4)nc(-c3ccc(C(C)C)cc3)c2c1. The zero-order valence-corrected chi connectivity index (χ0v) is 19.6. The first-order valence-corrected chi connectivity index (χ1v) is 11.5. The predicted molar refractivity (Wildman–Crippen MR) is 134 cm³/mol. The van der Waals surface area contributed by atoms with Gasteiger partial charge in [0.2, 0.25) is 11.6 Å². The van der Waals surface area contributed by atoms with E-state index in [4.69, 9.17) is 25.6 Å². The number of carbonyl (C=O) groups is 1. The van der Waals surface area contributed by atoms with Gasteiger partial charge in [0.05, 0.1) is 11.2 Å². The lowest BCUT2D eigenvalue weighted by molar-refractivity contribution is 0.102. The molecule has 0 fully saturated rings. The predicted octanol–water partition coefficient (Wildman–Crippen LogP) is 5.43. The number of hydrogen-bond donors (Lipinski definition) is 0. The second-order valence-corrected chi connectivity index (χ2v) is 8.53. The Morgan fingerprint density at radius 3 is 2.51 bits per heavy atom. The topological polar surface area (TPSA) is 70.5 Å². The first-order valence-electron chi connectivity index (χ1n) is 11.5. The molecule has 0 spiro atoms. The van der Waals surface area contributed by atoms with Gasteiger partial charge in [0.25, 0.3) is 0 Å². The van der Waals surface area contributed by atoms with Crippen LogP contribution in [0.5, 0.6) is 17.2 Å². The van der Waals surface area contributed by atoms with Gasteiger partial charge in [-0.05, 0) is 47.9 Å². The first-order chi connectivity index (χ1) is 17.0. The molecule has 0 atom stereocenters. The van der Waals surface area contributed by atoms with E-state index in [9.17, 15) is 4.79 Å². The summed E-state index contributed by atoms with van der Waals surface area (Å²) >= 11 is 0. The van der Waals surface area contributed by atoms with Crippen molar-refractivity contribution in [2.45, 2.75) is 19.8 Å². The molecule has 6 heteroatoms. The lowest BCUT2D eigenvalue weighted by atomic mass is 9.99. The fourth-order valence-corrected chi connectivity index (χ4v) is 3.98. The minimum Gasteiger partial charge on any atom is -0.486 e. The summed E-state index contributed by atoms with van der Waals surface area (Å²) in [6, 6.07) is 18.8. The Hall–Kier alpha value is -4.37. The van der Waals surface area contributed by atoms with Crippen LogP contribution in [0.2, 0.25) is 0 Å². The van der Waals surface area contributed by atoms with Crippen molar-refractivity contribution < 1.29 is 19.0 Å². The van der Waals surface area contributed by atoms with Crippen LogP contribution in [0.3, 0.4) is 0 Å². The number of hydrogen-bond acceptors (Lipinski definition) is 6. The van der Waals surface area contributed by atoms with Crippen molar-refractivity contribution in [3.05, 3.63) is 77.6 Å². The molecule has 1 aliphatic heterocycles. The van der Waals surface area contributed by atoms with E-state index in [-0.39, 0.29) is 18.2 Å². The quantitative estimate of drug-likeness (QED) is 0.280. The number of fused-ring (bicyclic) bond motifs is 2. The van der Waals surface area contributed by atoms with Gasteiger partial charge < -0.3 is 14.2 Å². The normalized spacial score (nSPS) is 12.4. The number of aromatic nitrogens is 2. The van der Waals surface area contributed by atoms with E-state index in [2.05, 4.69) is 36.9 Å². The van der Waals surface area contributed by atoms with Crippen LogP contribution in [0.1, 0.15) is 41.5 Å². The van der Waals surface area contributed by atoms with Crippen molar-refractivity contribution in [1.29, 1.82) is 0 Å². The highest BCUT2D eigenvalue weighted by atomic mass is 16.6. The smallest absolute Gasteiger partial charge is 0.230 e. The molecule has 6 nitrogen and oxygen atoms in total. The van der Waals surface area contributed by atoms with E-state index in [1.54, 1.807) is 24.3 Å². The van der Waals surface area contributed by atoms with E-state index in [1.807, 2.05) is 24.3 Å². The molecule has 0 N–H and O–H groups in total. The largest absolute Gasteiger partial charge is 0.486 e. The van der Waals surface area contributed by atoms with Crippen LogP contribution < -0.4 is 14.2 Å². The third-order valence-electron chi connectivity index (χ3n) is 5.85.